The molecule has 2 N–H and O–H groups in total. The number of piperidine rings is 1. The van der Waals surface area contributed by atoms with E-state index in [-0.39, 0.29) is 12.1 Å². The number of sulfonamides is 1. The van der Waals surface area contributed by atoms with E-state index in [1.807, 2.05) is 0 Å². The van der Waals surface area contributed by atoms with E-state index in [4.69, 9.17) is 4.74 Å². The lowest BCUT2D eigenvalue weighted by Crippen LogP contribution is -2.53. The first-order valence-electron chi connectivity index (χ1n) is 7.74. The highest BCUT2D eigenvalue weighted by Crippen LogP contribution is 2.10. The van der Waals surface area contributed by atoms with Crippen molar-refractivity contribution in [3.63, 3.8) is 0 Å². The second-order valence-electron chi connectivity index (χ2n) is 5.86. The molecule has 0 aliphatic carbocycles. The van der Waals surface area contributed by atoms with Crippen LogP contribution in [0.3, 0.4) is 0 Å². The third-order valence-electron chi connectivity index (χ3n) is 3.90. The summed E-state index contributed by atoms with van der Waals surface area (Å²) in [6.45, 7) is 5.81. The van der Waals surface area contributed by atoms with Gasteiger partial charge < -0.3 is 15.0 Å². The first-order chi connectivity index (χ1) is 10.4. The number of hydrogen-bond donors (Lipinski definition) is 2. The molecule has 8 nitrogen and oxygen atoms in total. The Morgan fingerprint density at radius 1 is 1.27 bits per heavy atom. The highest BCUT2D eigenvalue weighted by Gasteiger charge is 2.25. The van der Waals surface area contributed by atoms with Gasteiger partial charge in [0, 0.05) is 45.3 Å². The van der Waals surface area contributed by atoms with E-state index < -0.39 is 10.0 Å². The summed E-state index contributed by atoms with van der Waals surface area (Å²) in [5, 5.41) is 2.91. The molecule has 2 heterocycles. The van der Waals surface area contributed by atoms with Gasteiger partial charge in [-0.3, -0.25) is 4.90 Å². The molecule has 0 aromatic carbocycles. The third kappa shape index (κ3) is 6.07. The lowest BCUT2D eigenvalue weighted by Gasteiger charge is -2.33. The van der Waals surface area contributed by atoms with Crippen LogP contribution in [0.4, 0.5) is 4.79 Å². The van der Waals surface area contributed by atoms with Crippen molar-refractivity contribution in [3.8, 4) is 0 Å². The van der Waals surface area contributed by atoms with Gasteiger partial charge in [-0.2, -0.15) is 0 Å². The van der Waals surface area contributed by atoms with E-state index in [0.29, 0.717) is 19.6 Å². The minimum Gasteiger partial charge on any atom is -0.379 e. The van der Waals surface area contributed by atoms with Crippen molar-refractivity contribution in [1.29, 1.82) is 0 Å². The number of ether oxygens (including phenoxy) is 1. The number of hydrogen-bond acceptors (Lipinski definition) is 5. The average Bonchev–Trinajstić information content (AvgIpc) is 2.47. The molecule has 9 heteroatoms. The molecule has 1 unspecified atom stereocenters. The number of amides is 2. The lowest BCUT2D eigenvalue weighted by molar-refractivity contribution is 0.0385. The highest BCUT2D eigenvalue weighted by atomic mass is 32.2. The number of nitrogens with zero attached hydrogens (tertiary/aromatic N) is 2. The summed E-state index contributed by atoms with van der Waals surface area (Å²) in [6, 6.07) is -0.304. The highest BCUT2D eigenvalue weighted by molar-refractivity contribution is 7.88. The molecule has 0 aromatic rings. The van der Waals surface area contributed by atoms with E-state index in [9.17, 15) is 13.2 Å². The minimum atomic E-state index is -3.23. The maximum Gasteiger partial charge on any atom is 0.317 e. The monoisotopic (exact) mass is 334 g/mol. The van der Waals surface area contributed by atoms with Gasteiger partial charge in [-0.1, -0.05) is 0 Å². The molecule has 0 radical (unpaired) electrons. The van der Waals surface area contributed by atoms with Crippen LogP contribution in [0.25, 0.3) is 0 Å². The second-order valence-corrected chi connectivity index (χ2v) is 7.64. The zero-order valence-corrected chi connectivity index (χ0v) is 13.9. The molecular formula is C13H26N4O4S. The second kappa shape index (κ2) is 8.09. The largest absolute Gasteiger partial charge is 0.379 e. The number of urea groups is 1. The van der Waals surface area contributed by atoms with E-state index in [0.717, 1.165) is 51.9 Å². The van der Waals surface area contributed by atoms with Gasteiger partial charge in [0.2, 0.25) is 10.0 Å². The fourth-order valence-electron chi connectivity index (χ4n) is 2.82. The summed E-state index contributed by atoms with van der Waals surface area (Å²) in [6.07, 6.45) is 2.73. The van der Waals surface area contributed by atoms with E-state index >= 15 is 0 Å². The number of morpholine rings is 1. The zero-order chi connectivity index (χ0) is 16.0. The number of carbonyl (C=O) groups is 1. The lowest BCUT2D eigenvalue weighted by atomic mass is 10.1. The zero-order valence-electron chi connectivity index (χ0n) is 13.1. The normalized spacial score (nSPS) is 24.2. The Labute approximate surface area is 132 Å². The Morgan fingerprint density at radius 3 is 2.68 bits per heavy atom. The predicted octanol–water partition coefficient (Wildman–Crippen LogP) is -0.958. The van der Waals surface area contributed by atoms with Crippen LogP contribution < -0.4 is 10.0 Å². The SMILES string of the molecule is CS(=O)(=O)NC1CCCN(C(=O)NCCN2CCOCC2)C1. The van der Waals surface area contributed by atoms with Gasteiger partial charge in [-0.15, -0.1) is 0 Å². The van der Waals surface area contributed by atoms with Crippen LogP contribution in [0.2, 0.25) is 0 Å². The molecule has 2 rings (SSSR count). The van der Waals surface area contributed by atoms with Crippen molar-refractivity contribution in [2.24, 2.45) is 0 Å². The van der Waals surface area contributed by atoms with Crippen molar-refractivity contribution in [1.82, 2.24) is 19.8 Å². The van der Waals surface area contributed by atoms with Crippen LogP contribution >= 0.6 is 0 Å². The quantitative estimate of drug-likeness (QED) is 0.676. The number of likely N-dealkylation sites (tertiary alicyclic amines) is 1. The molecular weight excluding hydrogens is 308 g/mol. The van der Waals surface area contributed by atoms with Crippen LogP contribution in [-0.2, 0) is 14.8 Å². The third-order valence-corrected chi connectivity index (χ3v) is 4.66. The van der Waals surface area contributed by atoms with Gasteiger partial charge in [0.05, 0.1) is 19.5 Å². The number of carbonyl (C=O) groups excluding carboxylic acids is 1. The molecule has 2 saturated heterocycles. The molecule has 0 saturated carbocycles. The fraction of sp³-hybridized carbons (Fsp3) is 0.923. The molecule has 2 amide bonds. The maximum absolute atomic E-state index is 12.1. The number of nitrogens with one attached hydrogen (secondary N) is 2. The van der Waals surface area contributed by atoms with Gasteiger partial charge in [0.25, 0.3) is 0 Å². The minimum absolute atomic E-state index is 0.117. The van der Waals surface area contributed by atoms with Crippen molar-refractivity contribution < 1.29 is 17.9 Å². The van der Waals surface area contributed by atoms with Gasteiger partial charge in [0.1, 0.15) is 0 Å². The van der Waals surface area contributed by atoms with E-state index in [2.05, 4.69) is 14.9 Å². The average molecular weight is 334 g/mol. The van der Waals surface area contributed by atoms with Gasteiger partial charge >= 0.3 is 6.03 Å². The summed E-state index contributed by atoms with van der Waals surface area (Å²) in [5.41, 5.74) is 0. The van der Waals surface area contributed by atoms with Crippen molar-refractivity contribution in [2.45, 2.75) is 18.9 Å². The molecule has 0 spiro atoms. The van der Waals surface area contributed by atoms with Crippen LogP contribution in [0.1, 0.15) is 12.8 Å². The van der Waals surface area contributed by atoms with Crippen LogP contribution in [0, 0.1) is 0 Å². The molecule has 2 fully saturated rings. The summed E-state index contributed by atoms with van der Waals surface area (Å²) >= 11 is 0. The van der Waals surface area contributed by atoms with Gasteiger partial charge in [-0.25, -0.2) is 17.9 Å². The predicted molar refractivity (Wildman–Crippen MR) is 83.2 cm³/mol. The van der Waals surface area contributed by atoms with Crippen LogP contribution in [0.15, 0.2) is 0 Å². The molecule has 0 aromatic heterocycles. The van der Waals surface area contributed by atoms with E-state index in [1.165, 1.54) is 0 Å². The van der Waals surface area contributed by atoms with Crippen LogP contribution in [0.5, 0.6) is 0 Å². The Balaban J connectivity index is 1.69. The molecule has 128 valence electrons. The first-order valence-corrected chi connectivity index (χ1v) is 9.63. The first kappa shape index (κ1) is 17.5. The summed E-state index contributed by atoms with van der Waals surface area (Å²) < 4.78 is 30.4. The molecule has 2 aliphatic heterocycles. The molecule has 2 aliphatic rings. The maximum atomic E-state index is 12.1. The van der Waals surface area contributed by atoms with Crippen molar-refractivity contribution in [2.75, 3.05) is 58.7 Å². The Hall–Kier alpha value is -0.900. The van der Waals surface area contributed by atoms with Gasteiger partial charge in [-0.05, 0) is 12.8 Å². The Kier molecular flexibility index (Phi) is 6.42. The van der Waals surface area contributed by atoms with Gasteiger partial charge in [0.15, 0.2) is 0 Å². The Bertz CT molecular complexity index is 465. The summed E-state index contributed by atoms with van der Waals surface area (Å²) in [7, 11) is -3.23. The van der Waals surface area contributed by atoms with Crippen LogP contribution in [-0.4, -0.2) is 89.0 Å². The fourth-order valence-corrected chi connectivity index (χ4v) is 3.62. The Morgan fingerprint density at radius 2 is 2.00 bits per heavy atom. The molecule has 22 heavy (non-hydrogen) atoms. The van der Waals surface area contributed by atoms with Crippen molar-refractivity contribution in [3.05, 3.63) is 0 Å². The molecule has 0 bridgehead atoms. The van der Waals surface area contributed by atoms with Crippen molar-refractivity contribution >= 4 is 16.1 Å². The smallest absolute Gasteiger partial charge is 0.317 e. The van der Waals surface area contributed by atoms with E-state index in [1.54, 1.807) is 4.90 Å². The summed E-state index contributed by atoms with van der Waals surface area (Å²) in [4.78, 5) is 16.1. The number of rotatable bonds is 5. The standard InChI is InChI=1S/C13H26N4O4S/c1-22(19,20)15-12-3-2-5-17(11-12)13(18)14-4-6-16-7-9-21-10-8-16/h12,15H,2-11H2,1H3,(H,14,18). The summed E-state index contributed by atoms with van der Waals surface area (Å²) in [5.74, 6) is 0. The molecule has 1 atom stereocenters. The topological polar surface area (TPSA) is 91.0 Å².